The summed E-state index contributed by atoms with van der Waals surface area (Å²) in [5, 5.41) is 0. The Labute approximate surface area is 144 Å². The van der Waals surface area contributed by atoms with Crippen LogP contribution < -0.4 is 4.90 Å². The monoisotopic (exact) mass is 316 g/mol. The molecule has 2 unspecified atom stereocenters. The van der Waals surface area contributed by atoms with Crippen LogP contribution in [0.5, 0.6) is 0 Å². The standard InChI is InChI=1S/C22H24N2/c1-23-17-11-12-18(23)14-19(13-17)24-15-21(16-7-3-2-4-8-16)20-9-5-6-10-22(20)24/h2-10,15,17-19H,11-14H2,1H3/q+1. The van der Waals surface area contributed by atoms with Crippen LogP contribution in [0.4, 0.5) is 5.69 Å². The molecule has 2 heteroatoms. The zero-order valence-corrected chi connectivity index (χ0v) is 14.2. The molecule has 121 valence electrons. The zero-order chi connectivity index (χ0) is 16.1. The summed E-state index contributed by atoms with van der Waals surface area (Å²) in [5.41, 5.74) is 5.47. The molecule has 0 spiro atoms. The molecule has 3 aliphatic rings. The second-order valence-corrected chi connectivity index (χ2v) is 7.51. The highest BCUT2D eigenvalue weighted by molar-refractivity contribution is 5.89. The topological polar surface area (TPSA) is 9.14 Å². The third kappa shape index (κ3) is 2.17. The van der Waals surface area contributed by atoms with Gasteiger partial charge in [-0.1, -0.05) is 47.4 Å². The Bertz CT molecular complexity index is 766. The maximum Gasteiger partial charge on any atom is 0.194 e. The molecule has 5 rings (SSSR count). The van der Waals surface area contributed by atoms with Crippen molar-refractivity contribution in [1.29, 1.82) is 0 Å². The van der Waals surface area contributed by atoms with Gasteiger partial charge in [0.05, 0.1) is 11.1 Å². The van der Waals surface area contributed by atoms with Crippen molar-refractivity contribution >= 4 is 11.3 Å². The van der Waals surface area contributed by atoms with Gasteiger partial charge in [-0.2, -0.15) is 0 Å². The molecule has 3 aliphatic heterocycles. The van der Waals surface area contributed by atoms with Crippen LogP contribution in [0.25, 0.3) is 5.57 Å². The largest absolute Gasteiger partial charge is 0.300 e. The summed E-state index contributed by atoms with van der Waals surface area (Å²) in [4.78, 5) is 5.20. The van der Waals surface area contributed by atoms with E-state index in [0.29, 0.717) is 6.04 Å². The molecule has 24 heavy (non-hydrogen) atoms. The first-order valence-corrected chi connectivity index (χ1v) is 9.18. The van der Waals surface area contributed by atoms with Gasteiger partial charge < -0.3 is 0 Å². The van der Waals surface area contributed by atoms with Gasteiger partial charge in [0.1, 0.15) is 6.04 Å². The lowest BCUT2D eigenvalue weighted by Gasteiger charge is -2.35. The van der Waals surface area contributed by atoms with E-state index in [0.717, 1.165) is 12.1 Å². The third-order valence-corrected chi connectivity index (χ3v) is 6.29. The van der Waals surface area contributed by atoms with Gasteiger partial charge in [0.2, 0.25) is 0 Å². The SMILES string of the molecule is CN1C2CCC1CC([N+]1C=C(c3ccccc3)c3ccccc31)C2. The number of anilines is 1. The predicted octanol–water partition coefficient (Wildman–Crippen LogP) is 4.49. The van der Waals surface area contributed by atoms with Crippen LogP contribution in [0, 0.1) is 0 Å². The van der Waals surface area contributed by atoms with E-state index in [4.69, 9.17) is 0 Å². The molecule has 3 heterocycles. The Kier molecular flexibility index (Phi) is 3.36. The molecule has 1 radical (unpaired) electrons. The molecule has 2 fully saturated rings. The Morgan fingerprint density at radius 3 is 2.29 bits per heavy atom. The fourth-order valence-electron chi connectivity index (χ4n) is 4.96. The van der Waals surface area contributed by atoms with E-state index in [1.807, 2.05) is 0 Å². The average Bonchev–Trinajstić information content (AvgIpc) is 3.08. The van der Waals surface area contributed by atoms with Crippen molar-refractivity contribution in [1.82, 2.24) is 9.80 Å². The molecule has 2 bridgehead atoms. The summed E-state index contributed by atoms with van der Waals surface area (Å²) >= 11 is 0. The molecule has 2 atom stereocenters. The quantitative estimate of drug-likeness (QED) is 0.742. The van der Waals surface area contributed by atoms with Crippen LogP contribution in [-0.4, -0.2) is 30.1 Å². The Morgan fingerprint density at radius 1 is 0.875 bits per heavy atom. The Morgan fingerprint density at radius 2 is 1.54 bits per heavy atom. The number of hydrogen-bond acceptors (Lipinski definition) is 2. The first-order chi connectivity index (χ1) is 11.8. The fourth-order valence-corrected chi connectivity index (χ4v) is 4.96. The molecule has 0 amide bonds. The van der Waals surface area contributed by atoms with E-state index in [1.54, 1.807) is 0 Å². The van der Waals surface area contributed by atoms with E-state index in [9.17, 15) is 0 Å². The van der Waals surface area contributed by atoms with Crippen molar-refractivity contribution in [2.45, 2.75) is 43.8 Å². The highest BCUT2D eigenvalue weighted by Crippen LogP contribution is 2.43. The number of para-hydroxylation sites is 1. The molecule has 2 aromatic carbocycles. The molecule has 2 saturated heterocycles. The second-order valence-electron chi connectivity index (χ2n) is 7.51. The number of hydrogen-bond donors (Lipinski definition) is 0. The van der Waals surface area contributed by atoms with Gasteiger partial charge in [0, 0.05) is 31.0 Å². The van der Waals surface area contributed by atoms with Crippen molar-refractivity contribution < 1.29 is 0 Å². The predicted molar refractivity (Wildman–Crippen MR) is 99.4 cm³/mol. The molecule has 0 aromatic heterocycles. The van der Waals surface area contributed by atoms with Crippen LogP contribution >= 0.6 is 0 Å². The van der Waals surface area contributed by atoms with E-state index in [1.165, 1.54) is 48.1 Å². The summed E-state index contributed by atoms with van der Waals surface area (Å²) in [6.45, 7) is 0. The van der Waals surface area contributed by atoms with Crippen molar-refractivity contribution in [3.63, 3.8) is 0 Å². The molecule has 0 saturated carbocycles. The number of nitrogens with zero attached hydrogens (tertiary/aromatic N) is 2. The van der Waals surface area contributed by atoms with Gasteiger partial charge in [0.15, 0.2) is 11.9 Å². The first-order valence-electron chi connectivity index (χ1n) is 9.18. The summed E-state index contributed by atoms with van der Waals surface area (Å²) in [7, 11) is 2.32. The number of piperidine rings is 1. The highest BCUT2D eigenvalue weighted by Gasteiger charge is 2.47. The first kappa shape index (κ1) is 14.4. The van der Waals surface area contributed by atoms with Crippen LogP contribution in [0.2, 0.25) is 0 Å². The van der Waals surface area contributed by atoms with Gasteiger partial charge >= 0.3 is 0 Å². The summed E-state index contributed by atoms with van der Waals surface area (Å²) in [5.74, 6) is 0. The summed E-state index contributed by atoms with van der Waals surface area (Å²) < 4.78 is 0. The normalized spacial score (nSPS) is 29.5. The van der Waals surface area contributed by atoms with E-state index < -0.39 is 0 Å². The van der Waals surface area contributed by atoms with E-state index in [-0.39, 0.29) is 0 Å². The lowest BCUT2D eigenvalue weighted by atomic mass is 9.96. The molecule has 2 nitrogen and oxygen atoms in total. The lowest BCUT2D eigenvalue weighted by Crippen LogP contribution is -2.47. The fraction of sp³-hybridized carbons (Fsp3) is 0.364. The van der Waals surface area contributed by atoms with E-state index in [2.05, 4.69) is 77.6 Å². The van der Waals surface area contributed by atoms with Gasteiger partial charge in [-0.25, -0.2) is 0 Å². The van der Waals surface area contributed by atoms with Crippen molar-refractivity contribution in [3.05, 3.63) is 71.9 Å². The lowest BCUT2D eigenvalue weighted by molar-refractivity contribution is 0.143. The molecule has 0 aliphatic carbocycles. The third-order valence-electron chi connectivity index (χ3n) is 6.29. The minimum atomic E-state index is 0.640. The highest BCUT2D eigenvalue weighted by atomic mass is 15.2. The summed E-state index contributed by atoms with van der Waals surface area (Å²) in [6.07, 6.45) is 7.75. The Hall–Kier alpha value is -1.90. The van der Waals surface area contributed by atoms with Gasteiger partial charge in [0.25, 0.3) is 0 Å². The molecular formula is C22H24N2+. The van der Waals surface area contributed by atoms with Crippen molar-refractivity contribution in [3.8, 4) is 0 Å². The van der Waals surface area contributed by atoms with Gasteiger partial charge in [-0.3, -0.25) is 4.90 Å². The van der Waals surface area contributed by atoms with Gasteiger partial charge in [-0.15, -0.1) is 0 Å². The smallest absolute Gasteiger partial charge is 0.194 e. The van der Waals surface area contributed by atoms with Crippen LogP contribution in [0.15, 0.2) is 60.8 Å². The number of rotatable bonds is 2. The molecule has 2 aromatic rings. The van der Waals surface area contributed by atoms with Crippen molar-refractivity contribution in [2.75, 3.05) is 7.05 Å². The maximum atomic E-state index is 2.63. The maximum absolute atomic E-state index is 2.63. The molecular weight excluding hydrogens is 292 g/mol. The number of benzene rings is 2. The van der Waals surface area contributed by atoms with E-state index >= 15 is 0 Å². The second kappa shape index (κ2) is 5.58. The molecule has 0 N–H and O–H groups in total. The van der Waals surface area contributed by atoms with Crippen LogP contribution in [0.3, 0.4) is 0 Å². The zero-order valence-electron chi connectivity index (χ0n) is 14.2. The van der Waals surface area contributed by atoms with Crippen LogP contribution in [-0.2, 0) is 0 Å². The van der Waals surface area contributed by atoms with Gasteiger partial charge in [-0.05, 0) is 31.5 Å². The average molecular weight is 316 g/mol. The Balaban J connectivity index is 1.54. The van der Waals surface area contributed by atoms with Crippen molar-refractivity contribution in [2.24, 2.45) is 0 Å². The van der Waals surface area contributed by atoms with Crippen LogP contribution in [0.1, 0.15) is 36.8 Å². The number of fused-ring (bicyclic) bond motifs is 3. The minimum Gasteiger partial charge on any atom is -0.300 e. The summed E-state index contributed by atoms with van der Waals surface area (Å²) in [6, 6.07) is 21.9. The minimum absolute atomic E-state index is 0.640.